The smallest absolute Gasteiger partial charge is 0.222 e. The van der Waals surface area contributed by atoms with Gasteiger partial charge in [0.15, 0.2) is 0 Å². The van der Waals surface area contributed by atoms with Crippen LogP contribution in [0, 0.1) is 0 Å². The average molecular weight is 358 g/mol. The predicted octanol–water partition coefficient (Wildman–Crippen LogP) is 1.95. The van der Waals surface area contributed by atoms with Crippen LogP contribution in [-0.2, 0) is 16.0 Å². The van der Waals surface area contributed by atoms with Crippen LogP contribution in [0.4, 0.5) is 0 Å². The van der Waals surface area contributed by atoms with Gasteiger partial charge >= 0.3 is 0 Å². The summed E-state index contributed by atoms with van der Waals surface area (Å²) < 4.78 is 6.16. The predicted molar refractivity (Wildman–Crippen MR) is 80.4 cm³/mol. The second-order valence-corrected chi connectivity index (χ2v) is 6.15. The SMILES string of the molecule is COC(CN)CC(=O)NCCc1ccc(Br)s1.Cl. The number of hydrogen-bond acceptors (Lipinski definition) is 4. The van der Waals surface area contributed by atoms with Crippen molar-refractivity contribution >= 4 is 45.6 Å². The van der Waals surface area contributed by atoms with Crippen LogP contribution < -0.4 is 11.1 Å². The average Bonchev–Trinajstić information content (AvgIpc) is 2.72. The van der Waals surface area contributed by atoms with E-state index in [0.29, 0.717) is 19.5 Å². The van der Waals surface area contributed by atoms with Crippen molar-refractivity contribution in [2.75, 3.05) is 20.2 Å². The van der Waals surface area contributed by atoms with Crippen LogP contribution in [0.1, 0.15) is 11.3 Å². The summed E-state index contributed by atoms with van der Waals surface area (Å²) >= 11 is 5.09. The first-order chi connectivity index (χ1) is 8.15. The summed E-state index contributed by atoms with van der Waals surface area (Å²) in [4.78, 5) is 12.8. The van der Waals surface area contributed by atoms with E-state index in [0.717, 1.165) is 10.2 Å². The van der Waals surface area contributed by atoms with E-state index in [9.17, 15) is 4.79 Å². The lowest BCUT2D eigenvalue weighted by Crippen LogP contribution is -2.33. The highest BCUT2D eigenvalue weighted by atomic mass is 79.9. The van der Waals surface area contributed by atoms with Gasteiger partial charge in [0.2, 0.25) is 5.91 Å². The summed E-state index contributed by atoms with van der Waals surface area (Å²) in [5.41, 5.74) is 5.45. The van der Waals surface area contributed by atoms with Crippen LogP contribution in [0.2, 0.25) is 0 Å². The lowest BCUT2D eigenvalue weighted by molar-refractivity contribution is -0.123. The summed E-state index contributed by atoms with van der Waals surface area (Å²) in [6, 6.07) is 4.07. The Morgan fingerprint density at radius 1 is 1.61 bits per heavy atom. The fraction of sp³-hybridized carbons (Fsp3) is 0.545. The fourth-order valence-corrected chi connectivity index (χ4v) is 2.84. The molecule has 3 N–H and O–H groups in total. The van der Waals surface area contributed by atoms with E-state index in [1.807, 2.05) is 6.07 Å². The van der Waals surface area contributed by atoms with Gasteiger partial charge in [-0.05, 0) is 34.5 Å². The van der Waals surface area contributed by atoms with E-state index in [1.165, 1.54) is 4.88 Å². The lowest BCUT2D eigenvalue weighted by Gasteiger charge is -2.12. The number of carbonyl (C=O) groups is 1. The summed E-state index contributed by atoms with van der Waals surface area (Å²) in [6.07, 6.45) is 0.981. The van der Waals surface area contributed by atoms with Gasteiger partial charge in [-0.2, -0.15) is 0 Å². The standard InChI is InChI=1S/C11H17BrN2O2S.ClH/c1-16-8(7-13)6-11(15)14-5-4-9-2-3-10(12)17-9;/h2-3,8H,4-7,13H2,1H3,(H,14,15);1H. The molecule has 1 unspecified atom stereocenters. The maximum atomic E-state index is 11.5. The molecular formula is C11H18BrClN2O2S. The molecule has 0 fully saturated rings. The zero-order chi connectivity index (χ0) is 12.7. The zero-order valence-corrected chi connectivity index (χ0v) is 13.4. The molecule has 0 saturated heterocycles. The number of hydrogen-bond donors (Lipinski definition) is 2. The van der Waals surface area contributed by atoms with Crippen molar-refractivity contribution in [1.29, 1.82) is 0 Å². The number of rotatable bonds is 7. The molecule has 1 aromatic rings. The van der Waals surface area contributed by atoms with Gasteiger partial charge in [-0.15, -0.1) is 23.7 Å². The van der Waals surface area contributed by atoms with Crippen LogP contribution in [0.25, 0.3) is 0 Å². The molecule has 7 heteroatoms. The molecule has 1 atom stereocenters. The number of carbonyl (C=O) groups excluding carboxylic acids is 1. The van der Waals surface area contributed by atoms with Gasteiger partial charge in [0.1, 0.15) is 0 Å². The molecule has 1 amide bonds. The van der Waals surface area contributed by atoms with Gasteiger partial charge in [-0.3, -0.25) is 4.79 Å². The molecular weight excluding hydrogens is 340 g/mol. The Labute approximate surface area is 126 Å². The first-order valence-electron chi connectivity index (χ1n) is 5.39. The maximum absolute atomic E-state index is 11.5. The van der Waals surface area contributed by atoms with Crippen LogP contribution in [0.5, 0.6) is 0 Å². The second kappa shape index (κ2) is 9.75. The third-order valence-electron chi connectivity index (χ3n) is 2.33. The van der Waals surface area contributed by atoms with Crippen molar-refractivity contribution < 1.29 is 9.53 Å². The van der Waals surface area contributed by atoms with E-state index in [-0.39, 0.29) is 24.4 Å². The van der Waals surface area contributed by atoms with Crippen LogP contribution in [-0.4, -0.2) is 32.2 Å². The normalized spacial score (nSPS) is 11.7. The number of nitrogens with two attached hydrogens (primary N) is 1. The molecule has 1 heterocycles. The van der Waals surface area contributed by atoms with Gasteiger partial charge in [0.05, 0.1) is 16.3 Å². The largest absolute Gasteiger partial charge is 0.380 e. The molecule has 4 nitrogen and oxygen atoms in total. The monoisotopic (exact) mass is 356 g/mol. The van der Waals surface area contributed by atoms with E-state index >= 15 is 0 Å². The first kappa shape index (κ1) is 17.9. The molecule has 0 saturated carbocycles. The van der Waals surface area contributed by atoms with Crippen LogP contribution in [0.3, 0.4) is 0 Å². The highest BCUT2D eigenvalue weighted by Crippen LogP contribution is 2.21. The number of ether oxygens (including phenoxy) is 1. The maximum Gasteiger partial charge on any atom is 0.222 e. The van der Waals surface area contributed by atoms with Crippen LogP contribution in [0.15, 0.2) is 15.9 Å². The molecule has 1 rings (SSSR count). The number of thiophene rings is 1. The van der Waals surface area contributed by atoms with Gasteiger partial charge in [0.25, 0.3) is 0 Å². The molecule has 104 valence electrons. The van der Waals surface area contributed by atoms with Crippen LogP contribution >= 0.6 is 39.7 Å². The molecule has 0 aromatic carbocycles. The minimum absolute atomic E-state index is 0. The Morgan fingerprint density at radius 3 is 2.83 bits per heavy atom. The van der Waals surface area contributed by atoms with Crippen molar-refractivity contribution in [3.63, 3.8) is 0 Å². The minimum atomic E-state index is -0.189. The lowest BCUT2D eigenvalue weighted by atomic mass is 10.2. The molecule has 0 bridgehead atoms. The van der Waals surface area contributed by atoms with Gasteiger partial charge in [0, 0.05) is 25.1 Å². The topological polar surface area (TPSA) is 64.3 Å². The fourth-order valence-electron chi connectivity index (χ4n) is 1.35. The second-order valence-electron chi connectivity index (χ2n) is 3.60. The third-order valence-corrected chi connectivity index (χ3v) is 4.02. The highest BCUT2D eigenvalue weighted by molar-refractivity contribution is 9.11. The Hall–Kier alpha value is -0.140. The third kappa shape index (κ3) is 6.70. The van der Waals surface area contributed by atoms with Crippen molar-refractivity contribution in [2.45, 2.75) is 18.9 Å². The first-order valence-corrected chi connectivity index (χ1v) is 7.00. The quantitative estimate of drug-likeness (QED) is 0.784. The zero-order valence-electron chi connectivity index (χ0n) is 10.1. The van der Waals surface area contributed by atoms with E-state index in [4.69, 9.17) is 10.5 Å². The molecule has 1 aromatic heterocycles. The van der Waals surface area contributed by atoms with Crippen molar-refractivity contribution in [3.8, 4) is 0 Å². The number of nitrogens with one attached hydrogen (secondary N) is 1. The number of amides is 1. The van der Waals surface area contributed by atoms with Crippen molar-refractivity contribution in [2.24, 2.45) is 5.73 Å². The molecule has 0 aliphatic rings. The van der Waals surface area contributed by atoms with E-state index < -0.39 is 0 Å². The highest BCUT2D eigenvalue weighted by Gasteiger charge is 2.10. The molecule has 0 aliphatic carbocycles. The van der Waals surface area contributed by atoms with Gasteiger partial charge in [-0.25, -0.2) is 0 Å². The Balaban J connectivity index is 0.00000289. The number of methoxy groups -OCH3 is 1. The summed E-state index contributed by atoms with van der Waals surface area (Å²) in [7, 11) is 1.56. The van der Waals surface area contributed by atoms with Gasteiger partial charge < -0.3 is 15.8 Å². The van der Waals surface area contributed by atoms with Gasteiger partial charge in [-0.1, -0.05) is 0 Å². The number of halogens is 2. The van der Waals surface area contributed by atoms with E-state index in [2.05, 4.69) is 27.3 Å². The minimum Gasteiger partial charge on any atom is -0.380 e. The van der Waals surface area contributed by atoms with Crippen molar-refractivity contribution in [1.82, 2.24) is 5.32 Å². The molecule has 0 aliphatic heterocycles. The van der Waals surface area contributed by atoms with Crippen molar-refractivity contribution in [3.05, 3.63) is 20.8 Å². The Kier molecular flexibility index (Phi) is 9.67. The Bertz CT molecular complexity index is 359. The molecule has 0 radical (unpaired) electrons. The summed E-state index contributed by atoms with van der Waals surface area (Å²) in [5, 5.41) is 2.86. The summed E-state index contributed by atoms with van der Waals surface area (Å²) in [5.74, 6) is -0.0158. The molecule has 18 heavy (non-hydrogen) atoms. The van der Waals surface area contributed by atoms with E-state index in [1.54, 1.807) is 18.4 Å². The Morgan fingerprint density at radius 2 is 2.33 bits per heavy atom. The molecule has 0 spiro atoms. The summed E-state index contributed by atoms with van der Waals surface area (Å²) in [6.45, 7) is 1.01.